The van der Waals surface area contributed by atoms with Gasteiger partial charge in [-0.15, -0.1) is 0 Å². The van der Waals surface area contributed by atoms with Crippen molar-refractivity contribution in [1.29, 1.82) is 0 Å². The van der Waals surface area contributed by atoms with Crippen molar-refractivity contribution < 1.29 is 28.6 Å². The highest BCUT2D eigenvalue weighted by Crippen LogP contribution is 2.34. The van der Waals surface area contributed by atoms with Crippen LogP contribution in [-0.4, -0.2) is 34.4 Å². The van der Waals surface area contributed by atoms with E-state index < -0.39 is 23.5 Å². The largest absolute Gasteiger partial charge is 0.494 e. The molecule has 1 aromatic carbocycles. The number of ether oxygens (including phenoxy) is 1. The van der Waals surface area contributed by atoms with Crippen LogP contribution in [0.15, 0.2) is 41.0 Å². The Labute approximate surface area is 136 Å². The van der Waals surface area contributed by atoms with Gasteiger partial charge in [-0.3, -0.25) is 14.2 Å². The van der Waals surface area contributed by atoms with E-state index in [1.807, 2.05) is 0 Å². The van der Waals surface area contributed by atoms with Gasteiger partial charge in [-0.1, -0.05) is 0 Å². The van der Waals surface area contributed by atoms with Crippen molar-refractivity contribution in [3.05, 3.63) is 53.5 Å². The molecule has 0 fully saturated rings. The number of hydrogen-bond donors (Lipinski definition) is 1. The first kappa shape index (κ1) is 15.5. The zero-order valence-electron chi connectivity index (χ0n) is 12.9. The van der Waals surface area contributed by atoms with Gasteiger partial charge in [0.15, 0.2) is 5.76 Å². The molecule has 1 N–H and O–H groups in total. The van der Waals surface area contributed by atoms with Gasteiger partial charge in [0.2, 0.25) is 17.6 Å². The van der Waals surface area contributed by atoms with Gasteiger partial charge in [-0.25, -0.2) is 4.79 Å². The lowest BCUT2D eigenvalue weighted by atomic mass is 10.0. The second kappa shape index (κ2) is 5.69. The Balaban J connectivity index is 2.33. The number of aromatic nitrogens is 1. The normalized spacial score (nSPS) is 10.8. The van der Waals surface area contributed by atoms with Crippen molar-refractivity contribution in [3.63, 3.8) is 0 Å². The Morgan fingerprint density at radius 2 is 1.96 bits per heavy atom. The van der Waals surface area contributed by atoms with Crippen LogP contribution in [0.1, 0.15) is 38.2 Å². The first-order valence-electron chi connectivity index (χ1n) is 7.00. The van der Waals surface area contributed by atoms with Crippen LogP contribution in [0.4, 0.5) is 0 Å². The summed E-state index contributed by atoms with van der Waals surface area (Å²) >= 11 is 0. The summed E-state index contributed by atoms with van der Waals surface area (Å²) in [4.78, 5) is 36.2. The third-order valence-corrected chi connectivity index (χ3v) is 3.65. The Morgan fingerprint density at radius 3 is 2.54 bits per heavy atom. The third-order valence-electron chi connectivity index (χ3n) is 3.65. The minimum Gasteiger partial charge on any atom is -0.494 e. The quantitative estimate of drug-likeness (QED) is 0.586. The van der Waals surface area contributed by atoms with Gasteiger partial charge in [0.1, 0.15) is 0 Å². The van der Waals surface area contributed by atoms with E-state index in [9.17, 15) is 19.5 Å². The van der Waals surface area contributed by atoms with Crippen molar-refractivity contribution in [2.75, 3.05) is 7.11 Å². The topological polar surface area (TPSA) is 98.7 Å². The molecule has 0 aliphatic heterocycles. The monoisotopic (exact) mass is 327 g/mol. The molecule has 7 nitrogen and oxygen atoms in total. The molecule has 0 amide bonds. The molecule has 0 aliphatic rings. The minimum absolute atomic E-state index is 0.0105. The maximum atomic E-state index is 12.6. The molecular weight excluding hydrogens is 314 g/mol. The lowest BCUT2D eigenvalue weighted by Crippen LogP contribution is -2.05. The van der Waals surface area contributed by atoms with Crippen LogP contribution in [0.5, 0.6) is 5.88 Å². The summed E-state index contributed by atoms with van der Waals surface area (Å²) in [5, 5.41) is 10.7. The number of fused-ring (bicyclic) bond motifs is 1. The summed E-state index contributed by atoms with van der Waals surface area (Å²) in [6.45, 7) is 1.26. The van der Waals surface area contributed by atoms with E-state index in [1.54, 1.807) is 0 Å². The first-order valence-corrected chi connectivity index (χ1v) is 7.00. The number of carbonyl (C=O) groups is 3. The Morgan fingerprint density at radius 1 is 1.21 bits per heavy atom. The standard InChI is InChI=1S/C17H13NO6/c1-9(19)18-12-6-5-10(17(22)23-2)8-11(12)14(16(18)21)15(20)13-4-3-7-24-13/h3-8,21H,1-2H3. The van der Waals surface area contributed by atoms with E-state index in [4.69, 9.17) is 4.42 Å². The molecule has 3 rings (SSSR count). The number of methoxy groups -OCH3 is 1. The molecule has 0 aliphatic carbocycles. The average Bonchev–Trinajstić information content (AvgIpc) is 3.18. The number of ketones is 1. The zero-order valence-corrected chi connectivity index (χ0v) is 12.9. The summed E-state index contributed by atoms with van der Waals surface area (Å²) < 4.78 is 10.7. The maximum Gasteiger partial charge on any atom is 0.337 e. The molecule has 0 saturated heterocycles. The van der Waals surface area contributed by atoms with Gasteiger partial charge in [0, 0.05) is 12.3 Å². The number of esters is 1. The van der Waals surface area contributed by atoms with Gasteiger partial charge in [0.25, 0.3) is 0 Å². The average molecular weight is 327 g/mol. The zero-order chi connectivity index (χ0) is 17.4. The van der Waals surface area contributed by atoms with Crippen molar-refractivity contribution in [3.8, 4) is 5.88 Å². The number of carbonyl (C=O) groups excluding carboxylic acids is 3. The number of nitrogens with zero attached hydrogens (tertiary/aromatic N) is 1. The summed E-state index contributed by atoms with van der Waals surface area (Å²) in [5.41, 5.74) is 0.391. The molecule has 122 valence electrons. The van der Waals surface area contributed by atoms with E-state index in [2.05, 4.69) is 4.74 Å². The number of hydrogen-bond acceptors (Lipinski definition) is 6. The lowest BCUT2D eigenvalue weighted by Gasteiger charge is -2.02. The van der Waals surface area contributed by atoms with Crippen LogP contribution in [0.2, 0.25) is 0 Å². The molecule has 2 heterocycles. The molecule has 0 atom stereocenters. The van der Waals surface area contributed by atoms with Gasteiger partial charge in [0.05, 0.1) is 30.0 Å². The van der Waals surface area contributed by atoms with Crippen LogP contribution < -0.4 is 0 Å². The van der Waals surface area contributed by atoms with Crippen molar-refractivity contribution >= 4 is 28.6 Å². The van der Waals surface area contributed by atoms with Crippen LogP contribution >= 0.6 is 0 Å². The molecule has 0 spiro atoms. The Kier molecular flexibility index (Phi) is 3.69. The second-order valence-electron chi connectivity index (χ2n) is 5.08. The number of rotatable bonds is 3. The van der Waals surface area contributed by atoms with Gasteiger partial charge in [-0.2, -0.15) is 0 Å². The third kappa shape index (κ3) is 2.26. The predicted octanol–water partition coefficient (Wildman–Crippen LogP) is 2.62. The lowest BCUT2D eigenvalue weighted by molar-refractivity contribution is 0.0600. The first-order chi connectivity index (χ1) is 11.5. The summed E-state index contributed by atoms with van der Waals surface area (Å²) in [6.07, 6.45) is 1.33. The molecule has 0 unspecified atom stereocenters. The van der Waals surface area contributed by atoms with Crippen LogP contribution in [0.3, 0.4) is 0 Å². The molecular formula is C17H13NO6. The van der Waals surface area contributed by atoms with E-state index in [1.165, 1.54) is 50.6 Å². The number of benzene rings is 1. The highest BCUT2D eigenvalue weighted by molar-refractivity contribution is 6.19. The van der Waals surface area contributed by atoms with E-state index in [-0.39, 0.29) is 22.3 Å². The minimum atomic E-state index is -0.594. The van der Waals surface area contributed by atoms with E-state index in [0.29, 0.717) is 5.52 Å². The molecule has 24 heavy (non-hydrogen) atoms. The van der Waals surface area contributed by atoms with Crippen molar-refractivity contribution in [2.24, 2.45) is 0 Å². The molecule has 0 saturated carbocycles. The fourth-order valence-electron chi connectivity index (χ4n) is 2.60. The van der Waals surface area contributed by atoms with Gasteiger partial charge < -0.3 is 14.3 Å². The number of furan rings is 1. The van der Waals surface area contributed by atoms with Gasteiger partial charge in [-0.05, 0) is 30.3 Å². The van der Waals surface area contributed by atoms with E-state index >= 15 is 0 Å². The van der Waals surface area contributed by atoms with Crippen molar-refractivity contribution in [2.45, 2.75) is 6.92 Å². The smallest absolute Gasteiger partial charge is 0.337 e. The van der Waals surface area contributed by atoms with Crippen LogP contribution in [0, 0.1) is 0 Å². The summed E-state index contributed by atoms with van der Waals surface area (Å²) in [7, 11) is 1.24. The van der Waals surface area contributed by atoms with Crippen LogP contribution in [-0.2, 0) is 4.74 Å². The molecule has 7 heteroatoms. The highest BCUT2D eigenvalue weighted by Gasteiger charge is 2.27. The van der Waals surface area contributed by atoms with Crippen LogP contribution in [0.25, 0.3) is 10.9 Å². The molecule has 2 aromatic heterocycles. The molecule has 0 bridgehead atoms. The SMILES string of the molecule is COC(=O)c1ccc2c(c1)c(C(=O)c1ccco1)c(O)n2C(C)=O. The van der Waals surface area contributed by atoms with Crippen molar-refractivity contribution in [1.82, 2.24) is 4.57 Å². The second-order valence-corrected chi connectivity index (χ2v) is 5.08. The predicted molar refractivity (Wildman–Crippen MR) is 83.4 cm³/mol. The Hall–Kier alpha value is -3.35. The molecule has 0 radical (unpaired) electrons. The molecule has 3 aromatic rings. The van der Waals surface area contributed by atoms with Gasteiger partial charge >= 0.3 is 5.97 Å². The maximum absolute atomic E-state index is 12.6. The fourth-order valence-corrected chi connectivity index (χ4v) is 2.60. The number of aromatic hydroxyl groups is 1. The Bertz CT molecular complexity index is 965. The summed E-state index contributed by atoms with van der Waals surface area (Å²) in [5.74, 6) is -2.15. The fraction of sp³-hybridized carbons (Fsp3) is 0.118. The summed E-state index contributed by atoms with van der Waals surface area (Å²) in [6, 6.07) is 7.31. The highest BCUT2D eigenvalue weighted by atomic mass is 16.5. The van der Waals surface area contributed by atoms with E-state index in [0.717, 1.165) is 4.57 Å².